The van der Waals surface area contributed by atoms with E-state index in [0.29, 0.717) is 10.7 Å². The van der Waals surface area contributed by atoms with Crippen molar-refractivity contribution in [3.8, 4) is 5.75 Å². The van der Waals surface area contributed by atoms with Crippen molar-refractivity contribution in [2.24, 2.45) is 11.7 Å². The fourth-order valence-electron chi connectivity index (χ4n) is 1.82. The van der Waals surface area contributed by atoms with Crippen LogP contribution < -0.4 is 10.5 Å². The Kier molecular flexibility index (Phi) is 3.72. The number of nitrogens with zero attached hydrogens (tertiary/aromatic N) is 1. The van der Waals surface area contributed by atoms with Crippen molar-refractivity contribution in [2.45, 2.75) is 25.7 Å². The zero-order valence-electron chi connectivity index (χ0n) is 9.19. The van der Waals surface area contributed by atoms with Gasteiger partial charge in [0.25, 0.3) is 0 Å². The summed E-state index contributed by atoms with van der Waals surface area (Å²) in [7, 11) is 0. The van der Waals surface area contributed by atoms with Crippen LogP contribution in [-0.2, 0) is 0 Å². The number of hydrogen-bond donors (Lipinski definition) is 1. The minimum absolute atomic E-state index is 0.362. The van der Waals surface area contributed by atoms with Gasteiger partial charge >= 0.3 is 0 Å². The molecule has 1 heterocycles. The highest BCUT2D eigenvalue weighted by Gasteiger charge is 2.17. The van der Waals surface area contributed by atoms with E-state index in [1.165, 1.54) is 19.3 Å². The molecule has 16 heavy (non-hydrogen) atoms. The van der Waals surface area contributed by atoms with Crippen molar-refractivity contribution in [2.75, 3.05) is 6.61 Å². The average Bonchev–Trinajstić information content (AvgIpc) is 2.22. The molecule has 1 aromatic heterocycles. The Morgan fingerprint density at radius 2 is 2.38 bits per heavy atom. The average molecular weight is 236 g/mol. The summed E-state index contributed by atoms with van der Waals surface area (Å²) in [5.74, 6) is 1.55. The lowest BCUT2D eigenvalue weighted by molar-refractivity contribution is 0.221. The summed E-state index contributed by atoms with van der Waals surface area (Å²) < 4.78 is 5.67. The molecule has 1 saturated carbocycles. The van der Waals surface area contributed by atoms with E-state index < -0.39 is 0 Å². The van der Waals surface area contributed by atoms with Crippen molar-refractivity contribution >= 4 is 17.2 Å². The van der Waals surface area contributed by atoms with Crippen LogP contribution in [0.25, 0.3) is 0 Å². The van der Waals surface area contributed by atoms with Crippen LogP contribution in [0.1, 0.15) is 31.2 Å². The summed E-state index contributed by atoms with van der Waals surface area (Å²) in [6.45, 7) is 0.728. The molecule has 0 aromatic carbocycles. The van der Waals surface area contributed by atoms with Crippen molar-refractivity contribution < 1.29 is 4.74 Å². The number of pyridine rings is 1. The van der Waals surface area contributed by atoms with Gasteiger partial charge in [0.05, 0.1) is 18.4 Å². The molecule has 1 aromatic rings. The minimum atomic E-state index is 0.362. The van der Waals surface area contributed by atoms with Crippen LogP contribution in [-0.4, -0.2) is 16.6 Å². The Hall–Kier alpha value is -1.16. The van der Waals surface area contributed by atoms with Crippen LogP contribution in [0.5, 0.6) is 5.75 Å². The van der Waals surface area contributed by atoms with E-state index in [1.54, 1.807) is 18.5 Å². The fourth-order valence-corrected chi connectivity index (χ4v) is 1.98. The molecule has 86 valence electrons. The van der Waals surface area contributed by atoms with Gasteiger partial charge < -0.3 is 10.5 Å². The van der Waals surface area contributed by atoms with Crippen molar-refractivity contribution in [1.29, 1.82) is 0 Å². The first-order chi connectivity index (χ1) is 7.77. The minimum Gasteiger partial charge on any atom is -0.491 e. The molecular weight excluding hydrogens is 220 g/mol. The van der Waals surface area contributed by atoms with Gasteiger partial charge in [0.1, 0.15) is 10.7 Å². The maximum Gasteiger partial charge on any atom is 0.147 e. The highest BCUT2D eigenvalue weighted by molar-refractivity contribution is 7.80. The molecule has 0 saturated heterocycles. The number of rotatable bonds is 5. The molecule has 2 rings (SSSR count). The first kappa shape index (κ1) is 11.3. The van der Waals surface area contributed by atoms with Crippen molar-refractivity contribution in [3.63, 3.8) is 0 Å². The molecule has 0 bridgehead atoms. The second kappa shape index (κ2) is 5.25. The van der Waals surface area contributed by atoms with E-state index in [9.17, 15) is 0 Å². The SMILES string of the molecule is NC(=S)c1ccncc1OCCC1CCC1. The molecule has 1 aliphatic carbocycles. The van der Waals surface area contributed by atoms with Gasteiger partial charge in [0.2, 0.25) is 0 Å². The van der Waals surface area contributed by atoms with E-state index in [4.69, 9.17) is 22.7 Å². The molecule has 0 unspecified atom stereocenters. The van der Waals surface area contributed by atoms with Gasteiger partial charge in [-0.15, -0.1) is 0 Å². The third-order valence-electron chi connectivity index (χ3n) is 3.06. The Labute approximate surface area is 101 Å². The predicted molar refractivity (Wildman–Crippen MR) is 67.6 cm³/mol. The zero-order valence-corrected chi connectivity index (χ0v) is 10.0. The third kappa shape index (κ3) is 2.70. The van der Waals surface area contributed by atoms with Gasteiger partial charge in [-0.05, 0) is 18.4 Å². The van der Waals surface area contributed by atoms with Crippen LogP contribution in [0, 0.1) is 5.92 Å². The maximum atomic E-state index is 5.67. The lowest BCUT2D eigenvalue weighted by atomic mass is 9.83. The smallest absolute Gasteiger partial charge is 0.147 e. The summed E-state index contributed by atoms with van der Waals surface area (Å²) in [6, 6.07) is 1.79. The molecule has 3 nitrogen and oxygen atoms in total. The van der Waals surface area contributed by atoms with Crippen LogP contribution in [0.4, 0.5) is 0 Å². The van der Waals surface area contributed by atoms with Crippen LogP contribution in [0.15, 0.2) is 18.5 Å². The van der Waals surface area contributed by atoms with Gasteiger partial charge in [-0.2, -0.15) is 0 Å². The molecule has 0 aliphatic heterocycles. The lowest BCUT2D eigenvalue weighted by Gasteiger charge is -2.25. The molecule has 0 radical (unpaired) electrons. The summed E-state index contributed by atoms with van der Waals surface area (Å²) in [6.07, 6.45) is 8.53. The molecule has 0 atom stereocenters. The van der Waals surface area contributed by atoms with E-state index in [0.717, 1.165) is 24.5 Å². The second-order valence-corrected chi connectivity index (χ2v) is 4.61. The number of aromatic nitrogens is 1. The Bertz CT molecular complexity index is 377. The largest absolute Gasteiger partial charge is 0.491 e. The van der Waals surface area contributed by atoms with Crippen LogP contribution in [0.2, 0.25) is 0 Å². The standard InChI is InChI=1S/C12H16N2OS/c13-12(16)10-4-6-14-8-11(10)15-7-5-9-2-1-3-9/h4,6,8-9H,1-3,5,7H2,(H2,13,16). The number of ether oxygens (including phenoxy) is 1. The number of nitrogens with two attached hydrogens (primary N) is 1. The van der Waals surface area contributed by atoms with Crippen LogP contribution in [0.3, 0.4) is 0 Å². The van der Waals surface area contributed by atoms with Gasteiger partial charge in [-0.25, -0.2) is 0 Å². The zero-order chi connectivity index (χ0) is 11.4. The summed E-state index contributed by atoms with van der Waals surface area (Å²) >= 11 is 4.96. The Balaban J connectivity index is 1.89. The van der Waals surface area contributed by atoms with E-state index >= 15 is 0 Å². The lowest BCUT2D eigenvalue weighted by Crippen LogP contribution is -2.16. The fraction of sp³-hybridized carbons (Fsp3) is 0.500. The quantitative estimate of drug-likeness (QED) is 0.797. The Morgan fingerprint density at radius 3 is 3.00 bits per heavy atom. The maximum absolute atomic E-state index is 5.67. The Morgan fingerprint density at radius 1 is 1.56 bits per heavy atom. The summed E-state index contributed by atoms with van der Waals surface area (Å²) in [4.78, 5) is 4.38. The first-order valence-electron chi connectivity index (χ1n) is 5.64. The van der Waals surface area contributed by atoms with E-state index in [1.807, 2.05) is 0 Å². The molecule has 0 spiro atoms. The van der Waals surface area contributed by atoms with Gasteiger partial charge in [0.15, 0.2) is 0 Å². The van der Waals surface area contributed by atoms with Gasteiger partial charge in [-0.1, -0.05) is 31.5 Å². The monoisotopic (exact) mass is 236 g/mol. The number of thiocarbonyl (C=S) groups is 1. The normalized spacial score (nSPS) is 15.5. The first-order valence-corrected chi connectivity index (χ1v) is 6.05. The van der Waals surface area contributed by atoms with Crippen molar-refractivity contribution in [3.05, 3.63) is 24.0 Å². The summed E-state index contributed by atoms with van der Waals surface area (Å²) in [5.41, 5.74) is 6.38. The molecule has 0 amide bonds. The molecule has 4 heteroatoms. The van der Waals surface area contributed by atoms with E-state index in [-0.39, 0.29) is 0 Å². The van der Waals surface area contributed by atoms with Crippen LogP contribution >= 0.6 is 12.2 Å². The van der Waals surface area contributed by atoms with E-state index in [2.05, 4.69) is 4.98 Å². The molecule has 1 aliphatic rings. The topological polar surface area (TPSA) is 48.1 Å². The second-order valence-electron chi connectivity index (χ2n) is 4.17. The highest BCUT2D eigenvalue weighted by atomic mass is 32.1. The third-order valence-corrected chi connectivity index (χ3v) is 3.28. The van der Waals surface area contributed by atoms with Gasteiger partial charge in [-0.3, -0.25) is 4.98 Å². The molecule has 1 fully saturated rings. The molecular formula is C12H16N2OS. The summed E-state index contributed by atoms with van der Waals surface area (Å²) in [5, 5.41) is 0. The van der Waals surface area contributed by atoms with Crippen molar-refractivity contribution in [1.82, 2.24) is 4.98 Å². The number of hydrogen-bond acceptors (Lipinski definition) is 3. The predicted octanol–water partition coefficient (Wildman–Crippen LogP) is 2.28. The molecule has 2 N–H and O–H groups in total. The van der Waals surface area contributed by atoms with Gasteiger partial charge in [0, 0.05) is 6.20 Å². The highest BCUT2D eigenvalue weighted by Crippen LogP contribution is 2.29.